The summed E-state index contributed by atoms with van der Waals surface area (Å²) in [5.41, 5.74) is 1.96. The number of anilines is 2. The number of sulfonamides is 1. The Balaban J connectivity index is 1.87. The maximum absolute atomic E-state index is 12.3. The zero-order valence-electron chi connectivity index (χ0n) is 12.9. The fourth-order valence-corrected chi connectivity index (χ4v) is 3.66. The van der Waals surface area contributed by atoms with E-state index in [1.807, 2.05) is 0 Å². The molecule has 3 rings (SSSR count). The van der Waals surface area contributed by atoms with Crippen molar-refractivity contribution in [2.75, 3.05) is 22.4 Å². The zero-order chi connectivity index (χ0) is 16.6. The Morgan fingerprint density at radius 3 is 2.78 bits per heavy atom. The summed E-state index contributed by atoms with van der Waals surface area (Å²) < 4.78 is 30.0. The van der Waals surface area contributed by atoms with E-state index in [0.717, 1.165) is 18.4 Å². The summed E-state index contributed by atoms with van der Waals surface area (Å²) in [4.78, 5) is 12.3. The van der Waals surface area contributed by atoms with E-state index in [9.17, 15) is 13.2 Å². The molecule has 1 aromatic carbocycles. The van der Waals surface area contributed by atoms with Crippen LogP contribution in [0.3, 0.4) is 0 Å². The molecule has 8 heteroatoms. The quantitative estimate of drug-likeness (QED) is 0.925. The van der Waals surface area contributed by atoms with E-state index in [4.69, 9.17) is 4.52 Å². The van der Waals surface area contributed by atoms with Gasteiger partial charge >= 0.3 is 0 Å². The molecule has 1 aromatic heterocycles. The largest absolute Gasteiger partial charge is 0.360 e. The third-order valence-corrected chi connectivity index (χ3v) is 4.87. The first-order chi connectivity index (χ1) is 10.8. The molecule has 0 saturated heterocycles. The van der Waals surface area contributed by atoms with Crippen molar-refractivity contribution in [1.29, 1.82) is 0 Å². The normalized spacial score (nSPS) is 14.4. The van der Waals surface area contributed by atoms with Crippen LogP contribution in [0.4, 0.5) is 11.5 Å². The summed E-state index contributed by atoms with van der Waals surface area (Å²) in [5.74, 6) is 0.648. The van der Waals surface area contributed by atoms with Crippen molar-refractivity contribution in [1.82, 2.24) is 5.16 Å². The van der Waals surface area contributed by atoms with Crippen molar-refractivity contribution >= 4 is 27.4 Å². The van der Waals surface area contributed by atoms with Crippen molar-refractivity contribution in [2.45, 2.75) is 19.8 Å². The predicted octanol–water partition coefficient (Wildman–Crippen LogP) is 1.95. The van der Waals surface area contributed by atoms with Gasteiger partial charge in [-0.1, -0.05) is 5.16 Å². The smallest absolute Gasteiger partial charge is 0.256 e. The minimum absolute atomic E-state index is 0.308. The van der Waals surface area contributed by atoms with Crippen LogP contribution in [0.1, 0.15) is 28.1 Å². The Labute approximate surface area is 134 Å². The maximum Gasteiger partial charge on any atom is 0.256 e. The number of hydrogen-bond donors (Lipinski definition) is 1. The number of carbonyl (C=O) groups is 1. The minimum atomic E-state index is -3.31. The molecule has 2 heterocycles. The molecule has 1 N–H and O–H groups in total. The van der Waals surface area contributed by atoms with Gasteiger partial charge in [-0.3, -0.25) is 9.10 Å². The number of rotatable bonds is 3. The second-order valence-electron chi connectivity index (χ2n) is 5.56. The lowest BCUT2D eigenvalue weighted by Crippen LogP contribution is -2.34. The van der Waals surface area contributed by atoms with Crippen molar-refractivity contribution in [2.24, 2.45) is 0 Å². The van der Waals surface area contributed by atoms with Crippen molar-refractivity contribution < 1.29 is 17.7 Å². The highest BCUT2D eigenvalue weighted by molar-refractivity contribution is 7.92. The van der Waals surface area contributed by atoms with Gasteiger partial charge in [-0.25, -0.2) is 8.42 Å². The van der Waals surface area contributed by atoms with Gasteiger partial charge < -0.3 is 9.84 Å². The first-order valence-corrected chi connectivity index (χ1v) is 9.05. The Kier molecular flexibility index (Phi) is 3.85. The van der Waals surface area contributed by atoms with E-state index in [1.54, 1.807) is 31.2 Å². The van der Waals surface area contributed by atoms with Gasteiger partial charge in [-0.05, 0) is 43.5 Å². The van der Waals surface area contributed by atoms with Crippen LogP contribution in [0.5, 0.6) is 0 Å². The molecule has 0 atom stereocenters. The van der Waals surface area contributed by atoms with Crippen LogP contribution >= 0.6 is 0 Å². The molecule has 122 valence electrons. The van der Waals surface area contributed by atoms with Gasteiger partial charge in [0, 0.05) is 18.2 Å². The van der Waals surface area contributed by atoms with Crippen LogP contribution in [0.15, 0.2) is 28.8 Å². The monoisotopic (exact) mass is 335 g/mol. The second-order valence-corrected chi connectivity index (χ2v) is 7.47. The average Bonchev–Trinajstić information content (AvgIpc) is 2.90. The molecule has 0 unspecified atom stereocenters. The second kappa shape index (κ2) is 5.69. The number of nitrogens with one attached hydrogen (secondary N) is 1. The molecule has 1 aliphatic heterocycles. The van der Waals surface area contributed by atoms with E-state index in [2.05, 4.69) is 10.5 Å². The van der Waals surface area contributed by atoms with E-state index in [0.29, 0.717) is 29.4 Å². The van der Waals surface area contributed by atoms with Gasteiger partial charge in [-0.15, -0.1) is 0 Å². The summed E-state index contributed by atoms with van der Waals surface area (Å²) in [6.45, 7) is 2.21. The van der Waals surface area contributed by atoms with Gasteiger partial charge in [0.15, 0.2) is 5.82 Å². The van der Waals surface area contributed by atoms with Crippen LogP contribution in [-0.2, 0) is 16.4 Å². The van der Waals surface area contributed by atoms with Gasteiger partial charge in [0.05, 0.1) is 11.9 Å². The SMILES string of the molecule is Cc1cc(NC(=O)c2ccc3c(c2)CCCN3S(C)(=O)=O)no1. The number of nitrogens with zero attached hydrogens (tertiary/aromatic N) is 2. The molecule has 0 spiro atoms. The summed E-state index contributed by atoms with van der Waals surface area (Å²) in [5, 5.41) is 6.37. The van der Waals surface area contributed by atoms with Crippen LogP contribution in [0, 0.1) is 6.92 Å². The Hall–Kier alpha value is -2.35. The number of aryl methyl sites for hydroxylation is 2. The molecular formula is C15H17N3O4S. The highest BCUT2D eigenvalue weighted by Crippen LogP contribution is 2.30. The standard InChI is InChI=1S/C15H17N3O4S/c1-10-8-14(17-22-10)16-15(19)12-5-6-13-11(9-12)4-3-7-18(13)23(2,20)21/h5-6,8-9H,3-4,7H2,1-2H3,(H,16,17,19). The molecule has 0 fully saturated rings. The third kappa shape index (κ3) is 3.21. The molecule has 7 nitrogen and oxygen atoms in total. The molecule has 2 aromatic rings. The lowest BCUT2D eigenvalue weighted by Gasteiger charge is -2.29. The van der Waals surface area contributed by atoms with Crippen LogP contribution in [-0.4, -0.2) is 32.3 Å². The van der Waals surface area contributed by atoms with E-state index < -0.39 is 10.0 Å². The first-order valence-electron chi connectivity index (χ1n) is 7.20. The fraction of sp³-hybridized carbons (Fsp3) is 0.333. The van der Waals surface area contributed by atoms with Crippen LogP contribution < -0.4 is 9.62 Å². The average molecular weight is 335 g/mol. The number of amides is 1. The van der Waals surface area contributed by atoms with E-state index in [-0.39, 0.29) is 5.91 Å². The molecule has 0 radical (unpaired) electrons. The molecule has 0 aliphatic carbocycles. The van der Waals surface area contributed by atoms with Crippen LogP contribution in [0.2, 0.25) is 0 Å². The molecular weight excluding hydrogens is 318 g/mol. The van der Waals surface area contributed by atoms with E-state index in [1.165, 1.54) is 10.6 Å². The highest BCUT2D eigenvalue weighted by Gasteiger charge is 2.24. The molecule has 23 heavy (non-hydrogen) atoms. The molecule has 1 amide bonds. The van der Waals surface area contributed by atoms with Crippen LogP contribution in [0.25, 0.3) is 0 Å². The molecule has 1 aliphatic rings. The van der Waals surface area contributed by atoms with Gasteiger partial charge in [0.25, 0.3) is 5.91 Å². The summed E-state index contributed by atoms with van der Waals surface area (Å²) >= 11 is 0. The van der Waals surface area contributed by atoms with Gasteiger partial charge in [0.1, 0.15) is 5.76 Å². The summed E-state index contributed by atoms with van der Waals surface area (Å²) in [6.07, 6.45) is 2.66. The third-order valence-electron chi connectivity index (χ3n) is 3.69. The highest BCUT2D eigenvalue weighted by atomic mass is 32.2. The van der Waals surface area contributed by atoms with Crippen molar-refractivity contribution in [3.05, 3.63) is 41.2 Å². The predicted molar refractivity (Wildman–Crippen MR) is 86.1 cm³/mol. The summed E-state index contributed by atoms with van der Waals surface area (Å²) in [7, 11) is -3.31. The van der Waals surface area contributed by atoms with Crippen molar-refractivity contribution in [3.63, 3.8) is 0 Å². The van der Waals surface area contributed by atoms with E-state index >= 15 is 0 Å². The topological polar surface area (TPSA) is 92.5 Å². The fourth-order valence-electron chi connectivity index (χ4n) is 2.66. The zero-order valence-corrected chi connectivity index (χ0v) is 13.7. The first kappa shape index (κ1) is 15.5. The lowest BCUT2D eigenvalue weighted by atomic mass is 10.0. The lowest BCUT2D eigenvalue weighted by molar-refractivity contribution is 0.102. The summed E-state index contributed by atoms with van der Waals surface area (Å²) in [6, 6.07) is 6.65. The molecule has 0 saturated carbocycles. The van der Waals surface area contributed by atoms with Gasteiger partial charge in [0.2, 0.25) is 10.0 Å². The number of fused-ring (bicyclic) bond motifs is 1. The molecule has 0 bridgehead atoms. The number of carbonyl (C=O) groups excluding carboxylic acids is 1. The Morgan fingerprint density at radius 1 is 1.35 bits per heavy atom. The number of aromatic nitrogens is 1. The van der Waals surface area contributed by atoms with Crippen molar-refractivity contribution in [3.8, 4) is 0 Å². The number of hydrogen-bond acceptors (Lipinski definition) is 5. The maximum atomic E-state index is 12.3. The number of benzene rings is 1. The minimum Gasteiger partial charge on any atom is -0.360 e. The Bertz CT molecular complexity index is 857. The Morgan fingerprint density at radius 2 is 2.13 bits per heavy atom. The van der Waals surface area contributed by atoms with Gasteiger partial charge in [-0.2, -0.15) is 0 Å².